The molecule has 1 amide bonds. The summed E-state index contributed by atoms with van der Waals surface area (Å²) in [6.45, 7) is 11.5. The molecule has 38 heavy (non-hydrogen) atoms. The monoisotopic (exact) mass is 545 g/mol. The van der Waals surface area contributed by atoms with Crippen LogP contribution in [0.2, 0.25) is 0 Å². The minimum absolute atomic E-state index is 0.197. The van der Waals surface area contributed by atoms with Gasteiger partial charge in [0.05, 0.1) is 23.1 Å². The number of nitrogens with one attached hydrogen (secondary N) is 1. The van der Waals surface area contributed by atoms with Gasteiger partial charge in [-0.05, 0) is 69.2 Å². The van der Waals surface area contributed by atoms with Crippen LogP contribution in [-0.4, -0.2) is 43.2 Å². The van der Waals surface area contributed by atoms with E-state index in [4.69, 9.17) is 9.72 Å². The van der Waals surface area contributed by atoms with E-state index in [2.05, 4.69) is 30.4 Å². The number of halogens is 1. The second kappa shape index (κ2) is 11.2. The van der Waals surface area contributed by atoms with Crippen LogP contribution in [0.4, 0.5) is 10.2 Å². The lowest BCUT2D eigenvalue weighted by Gasteiger charge is -2.34. The summed E-state index contributed by atoms with van der Waals surface area (Å²) in [4.78, 5) is 20.4. The van der Waals surface area contributed by atoms with Crippen molar-refractivity contribution in [3.8, 4) is 17.0 Å². The zero-order valence-electron chi connectivity index (χ0n) is 23.1. The van der Waals surface area contributed by atoms with Crippen LogP contribution in [0.15, 0.2) is 30.3 Å². The van der Waals surface area contributed by atoms with Crippen LogP contribution >= 0.6 is 0 Å². The normalized spacial score (nSPS) is 20.1. The molecule has 4 rings (SSSR count). The topological polar surface area (TPSA) is 88.6 Å². The highest BCUT2D eigenvalue weighted by molar-refractivity contribution is 7.90. The molecule has 0 radical (unpaired) electrons. The lowest BCUT2D eigenvalue weighted by Crippen LogP contribution is -2.42. The third-order valence-electron chi connectivity index (χ3n) is 7.42. The Morgan fingerprint density at radius 2 is 1.89 bits per heavy atom. The SMILES string of the molecule is CC(C)COc1cc(F)cc(-c2ccc(C(=O)NS(=O)(=O)C3CCCCC3)c(N3C[C@@H](C)CC3(C)C)n2)c1. The molecule has 9 heteroatoms. The van der Waals surface area contributed by atoms with Crippen molar-refractivity contribution in [2.24, 2.45) is 11.8 Å². The number of carbonyl (C=O) groups is 1. The molecular weight excluding hydrogens is 505 g/mol. The van der Waals surface area contributed by atoms with Crippen molar-refractivity contribution >= 4 is 21.7 Å². The molecule has 1 aliphatic heterocycles. The summed E-state index contributed by atoms with van der Waals surface area (Å²) in [5, 5.41) is -0.560. The highest BCUT2D eigenvalue weighted by atomic mass is 32.2. The van der Waals surface area contributed by atoms with Crippen LogP contribution in [0.5, 0.6) is 5.75 Å². The maximum Gasteiger partial charge on any atom is 0.268 e. The summed E-state index contributed by atoms with van der Waals surface area (Å²) in [5.41, 5.74) is 0.909. The van der Waals surface area contributed by atoms with Crippen molar-refractivity contribution in [2.45, 2.75) is 83.9 Å². The van der Waals surface area contributed by atoms with E-state index in [1.165, 1.54) is 12.1 Å². The van der Waals surface area contributed by atoms with E-state index in [9.17, 15) is 17.6 Å². The second-order valence-corrected chi connectivity index (χ2v) is 13.9. The van der Waals surface area contributed by atoms with Gasteiger partial charge in [0, 0.05) is 23.7 Å². The maximum atomic E-state index is 14.5. The average molecular weight is 546 g/mol. The summed E-state index contributed by atoms with van der Waals surface area (Å²) < 4.78 is 48.7. The summed E-state index contributed by atoms with van der Waals surface area (Å²) in [6.07, 6.45) is 4.72. The van der Waals surface area contributed by atoms with Gasteiger partial charge >= 0.3 is 0 Å². The molecule has 0 bridgehead atoms. The quantitative estimate of drug-likeness (QED) is 0.442. The molecule has 2 heterocycles. The van der Waals surface area contributed by atoms with Gasteiger partial charge in [0.15, 0.2) is 0 Å². The number of amides is 1. The highest BCUT2D eigenvalue weighted by Crippen LogP contribution is 2.39. The zero-order chi connectivity index (χ0) is 27.7. The molecule has 1 aromatic carbocycles. The molecular formula is C29H40FN3O4S. The number of ether oxygens (including phenoxy) is 1. The molecule has 208 valence electrons. The predicted octanol–water partition coefficient (Wildman–Crippen LogP) is 5.94. The maximum absolute atomic E-state index is 14.5. The number of benzene rings is 1. The highest BCUT2D eigenvalue weighted by Gasteiger charge is 2.39. The van der Waals surface area contributed by atoms with Gasteiger partial charge in [-0.2, -0.15) is 0 Å². The van der Waals surface area contributed by atoms with Crippen molar-refractivity contribution in [3.05, 3.63) is 41.7 Å². The fourth-order valence-corrected chi connectivity index (χ4v) is 7.14. The van der Waals surface area contributed by atoms with Gasteiger partial charge in [-0.25, -0.2) is 22.5 Å². The Labute approximate surface area is 226 Å². The number of rotatable bonds is 8. The first-order valence-electron chi connectivity index (χ1n) is 13.6. The molecule has 1 aromatic heterocycles. The minimum Gasteiger partial charge on any atom is -0.493 e. The fraction of sp³-hybridized carbons (Fsp3) is 0.586. The first kappa shape index (κ1) is 28.3. The van der Waals surface area contributed by atoms with Crippen LogP contribution in [0.1, 0.15) is 83.5 Å². The Balaban J connectivity index is 1.72. The molecule has 1 atom stereocenters. The molecule has 7 nitrogen and oxygen atoms in total. The van der Waals surface area contributed by atoms with E-state index >= 15 is 0 Å². The number of anilines is 1. The van der Waals surface area contributed by atoms with Crippen LogP contribution < -0.4 is 14.4 Å². The number of sulfonamides is 1. The van der Waals surface area contributed by atoms with Gasteiger partial charge in [0.25, 0.3) is 5.91 Å². The van der Waals surface area contributed by atoms with Gasteiger partial charge in [0.1, 0.15) is 17.4 Å². The van der Waals surface area contributed by atoms with Crippen molar-refractivity contribution < 1.29 is 22.3 Å². The van der Waals surface area contributed by atoms with Crippen molar-refractivity contribution in [2.75, 3.05) is 18.1 Å². The predicted molar refractivity (Wildman–Crippen MR) is 148 cm³/mol. The van der Waals surface area contributed by atoms with Gasteiger partial charge in [-0.1, -0.05) is 40.0 Å². The smallest absolute Gasteiger partial charge is 0.268 e. The van der Waals surface area contributed by atoms with E-state index in [1.54, 1.807) is 18.2 Å². The van der Waals surface area contributed by atoms with Crippen LogP contribution in [0.25, 0.3) is 11.3 Å². The van der Waals surface area contributed by atoms with E-state index in [0.717, 1.165) is 25.7 Å². The Morgan fingerprint density at radius 3 is 2.53 bits per heavy atom. The van der Waals surface area contributed by atoms with Crippen molar-refractivity contribution in [1.29, 1.82) is 0 Å². The molecule has 2 aromatic rings. The number of carbonyl (C=O) groups excluding carboxylic acids is 1. The summed E-state index contributed by atoms with van der Waals surface area (Å²) in [7, 11) is -3.81. The third kappa shape index (κ3) is 6.47. The number of hydrogen-bond acceptors (Lipinski definition) is 6. The largest absolute Gasteiger partial charge is 0.493 e. The molecule has 1 aliphatic carbocycles. The van der Waals surface area contributed by atoms with Crippen molar-refractivity contribution in [3.63, 3.8) is 0 Å². The summed E-state index contributed by atoms with van der Waals surface area (Å²) in [5.74, 6) is 0.339. The Kier molecular flexibility index (Phi) is 8.35. The van der Waals surface area contributed by atoms with E-state index in [1.807, 2.05) is 13.8 Å². The Morgan fingerprint density at radius 1 is 1.18 bits per heavy atom. The molecule has 0 spiro atoms. The van der Waals surface area contributed by atoms with E-state index < -0.39 is 27.0 Å². The Hall–Kier alpha value is -2.68. The molecule has 1 saturated heterocycles. The standard InChI is InChI=1S/C29H40FN3O4S/c1-19(2)18-37-23-14-21(13-22(30)15-23)26-12-11-25(27(31-26)33-17-20(3)16-29(33,4)5)28(34)32-38(35,36)24-9-7-6-8-10-24/h11-15,19-20,24H,6-10,16-18H2,1-5H3,(H,32,34)/t20-/m0/s1. The van der Waals surface area contributed by atoms with Crippen LogP contribution in [-0.2, 0) is 10.0 Å². The van der Waals surface area contributed by atoms with Gasteiger partial charge in [-0.3, -0.25) is 4.79 Å². The number of nitrogens with zero attached hydrogens (tertiary/aromatic N) is 2. The lowest BCUT2D eigenvalue weighted by molar-refractivity contribution is 0.0981. The molecule has 1 N–H and O–H groups in total. The third-order valence-corrected chi connectivity index (χ3v) is 9.24. The number of hydrogen-bond donors (Lipinski definition) is 1. The zero-order valence-corrected chi connectivity index (χ0v) is 23.9. The number of pyridine rings is 1. The first-order valence-corrected chi connectivity index (χ1v) is 15.2. The minimum atomic E-state index is -3.81. The van der Waals surface area contributed by atoms with Gasteiger partial charge in [-0.15, -0.1) is 0 Å². The second-order valence-electron chi connectivity index (χ2n) is 11.9. The van der Waals surface area contributed by atoms with E-state index in [0.29, 0.717) is 54.7 Å². The number of aromatic nitrogens is 1. The van der Waals surface area contributed by atoms with E-state index in [-0.39, 0.29) is 17.0 Å². The van der Waals surface area contributed by atoms with Crippen LogP contribution in [0, 0.1) is 17.7 Å². The fourth-order valence-electron chi connectivity index (χ4n) is 5.65. The molecule has 2 fully saturated rings. The summed E-state index contributed by atoms with van der Waals surface area (Å²) in [6, 6.07) is 7.71. The van der Waals surface area contributed by atoms with Gasteiger partial charge < -0.3 is 9.64 Å². The van der Waals surface area contributed by atoms with Gasteiger partial charge in [0.2, 0.25) is 10.0 Å². The molecule has 0 unspecified atom stereocenters. The summed E-state index contributed by atoms with van der Waals surface area (Å²) >= 11 is 0. The van der Waals surface area contributed by atoms with Crippen LogP contribution in [0.3, 0.4) is 0 Å². The van der Waals surface area contributed by atoms with Crippen molar-refractivity contribution in [1.82, 2.24) is 9.71 Å². The lowest BCUT2D eigenvalue weighted by atomic mass is 9.97. The first-order chi connectivity index (χ1) is 17.9. The Bertz CT molecular complexity index is 1270. The average Bonchev–Trinajstić information content (AvgIpc) is 3.13. The molecule has 2 aliphatic rings. The molecule has 1 saturated carbocycles.